The molecule has 0 aliphatic rings. The number of carbonyl (C=O) groups is 3. The summed E-state index contributed by atoms with van der Waals surface area (Å²) in [5, 5.41) is 14.6. The third-order valence-corrected chi connectivity index (χ3v) is 4.91. The minimum atomic E-state index is -1.16. The van der Waals surface area contributed by atoms with Crippen LogP contribution in [0.5, 0.6) is 0 Å². The fourth-order valence-corrected chi connectivity index (χ4v) is 2.49. The quantitative estimate of drug-likeness (QED) is 0.137. The second kappa shape index (κ2) is 12.9. The van der Waals surface area contributed by atoms with Crippen molar-refractivity contribution in [2.45, 2.75) is 71.5 Å². The van der Waals surface area contributed by atoms with Gasteiger partial charge in [0.2, 0.25) is 11.8 Å². The Morgan fingerprint density at radius 3 is 2.04 bits per heavy atom. The third kappa shape index (κ3) is 9.03. The Labute approximate surface area is 166 Å². The highest BCUT2D eigenvalue weighted by Gasteiger charge is 2.31. The number of nitrogens with two attached hydrogens (primary N) is 3. The molecule has 9 N–H and O–H groups in total. The van der Waals surface area contributed by atoms with E-state index >= 15 is 0 Å². The fraction of sp³-hybridized carbons (Fsp3) is 0.778. The van der Waals surface area contributed by atoms with Gasteiger partial charge in [0.15, 0.2) is 5.96 Å². The largest absolute Gasteiger partial charge is 0.480 e. The maximum atomic E-state index is 12.7. The molecule has 162 valence electrons. The first kappa shape index (κ1) is 25.6. The van der Waals surface area contributed by atoms with E-state index in [2.05, 4.69) is 15.6 Å². The number of hydrogen-bond acceptors (Lipinski definition) is 5. The molecule has 0 bridgehead atoms. The zero-order valence-electron chi connectivity index (χ0n) is 17.3. The Balaban J connectivity index is 5.08. The molecule has 28 heavy (non-hydrogen) atoms. The molecule has 0 spiro atoms. The monoisotopic (exact) mass is 400 g/mol. The Morgan fingerprint density at radius 2 is 1.57 bits per heavy atom. The molecule has 0 aromatic rings. The molecule has 0 heterocycles. The summed E-state index contributed by atoms with van der Waals surface area (Å²) in [5.41, 5.74) is 16.4. The molecule has 0 rings (SSSR count). The molecule has 0 fully saturated rings. The number of hydrogen-bond donors (Lipinski definition) is 6. The predicted molar refractivity (Wildman–Crippen MR) is 108 cm³/mol. The predicted octanol–water partition coefficient (Wildman–Crippen LogP) is -0.486. The number of aliphatic carboxylic acids is 1. The van der Waals surface area contributed by atoms with Crippen LogP contribution in [0, 0.1) is 11.8 Å². The van der Waals surface area contributed by atoms with Crippen molar-refractivity contribution >= 4 is 23.7 Å². The van der Waals surface area contributed by atoms with Gasteiger partial charge in [-0.25, -0.2) is 4.79 Å². The first-order valence-corrected chi connectivity index (χ1v) is 9.69. The van der Waals surface area contributed by atoms with Crippen molar-refractivity contribution < 1.29 is 19.5 Å². The number of nitrogens with zero attached hydrogens (tertiary/aromatic N) is 1. The highest BCUT2D eigenvalue weighted by molar-refractivity contribution is 5.92. The number of nitrogens with one attached hydrogen (secondary N) is 2. The average molecular weight is 401 g/mol. The minimum Gasteiger partial charge on any atom is -0.480 e. The van der Waals surface area contributed by atoms with Crippen molar-refractivity contribution in [2.75, 3.05) is 6.54 Å². The molecule has 0 aromatic heterocycles. The van der Waals surface area contributed by atoms with Gasteiger partial charge >= 0.3 is 5.97 Å². The van der Waals surface area contributed by atoms with E-state index in [0.29, 0.717) is 12.8 Å². The van der Waals surface area contributed by atoms with E-state index in [1.807, 2.05) is 27.7 Å². The van der Waals surface area contributed by atoms with Gasteiger partial charge in [0.1, 0.15) is 12.1 Å². The van der Waals surface area contributed by atoms with Gasteiger partial charge in [0, 0.05) is 6.54 Å². The zero-order chi connectivity index (χ0) is 21.9. The van der Waals surface area contributed by atoms with Gasteiger partial charge in [-0.05, 0) is 24.7 Å². The summed E-state index contributed by atoms with van der Waals surface area (Å²) in [6.07, 6.45) is 1.89. The van der Waals surface area contributed by atoms with Crippen LogP contribution in [0.3, 0.4) is 0 Å². The molecule has 0 aliphatic carbocycles. The maximum Gasteiger partial charge on any atom is 0.326 e. The van der Waals surface area contributed by atoms with Crippen LogP contribution >= 0.6 is 0 Å². The van der Waals surface area contributed by atoms with Crippen molar-refractivity contribution in [1.82, 2.24) is 10.6 Å². The number of carboxylic acid groups (broad SMARTS) is 1. The van der Waals surface area contributed by atoms with Crippen LogP contribution in [0.2, 0.25) is 0 Å². The maximum absolute atomic E-state index is 12.7. The lowest BCUT2D eigenvalue weighted by molar-refractivity contribution is -0.142. The van der Waals surface area contributed by atoms with E-state index in [0.717, 1.165) is 6.42 Å². The van der Waals surface area contributed by atoms with Crippen molar-refractivity contribution in [2.24, 2.45) is 34.0 Å². The molecule has 0 aliphatic heterocycles. The van der Waals surface area contributed by atoms with Gasteiger partial charge in [-0.2, -0.15) is 0 Å². The summed E-state index contributed by atoms with van der Waals surface area (Å²) >= 11 is 0. The van der Waals surface area contributed by atoms with Gasteiger partial charge in [0.05, 0.1) is 6.04 Å². The lowest BCUT2D eigenvalue weighted by Crippen LogP contribution is -2.57. The van der Waals surface area contributed by atoms with Gasteiger partial charge < -0.3 is 32.9 Å². The molecule has 5 atom stereocenters. The first-order valence-electron chi connectivity index (χ1n) is 9.69. The highest BCUT2D eigenvalue weighted by Crippen LogP contribution is 2.11. The van der Waals surface area contributed by atoms with Crippen molar-refractivity contribution in [3.8, 4) is 0 Å². The summed E-state index contributed by atoms with van der Waals surface area (Å²) in [5.74, 6) is -2.44. The van der Waals surface area contributed by atoms with E-state index in [4.69, 9.17) is 17.2 Å². The molecule has 2 amide bonds. The SMILES string of the molecule is CCC(C)C(N)C(=O)NC(C(=O)NC(CCCN=C(N)N)C(=O)O)C(C)CC. The topological polar surface area (TPSA) is 186 Å². The van der Waals surface area contributed by atoms with E-state index in [1.165, 1.54) is 0 Å². The molecule has 0 aromatic carbocycles. The van der Waals surface area contributed by atoms with Crippen LogP contribution in [0.15, 0.2) is 4.99 Å². The highest BCUT2D eigenvalue weighted by atomic mass is 16.4. The number of amides is 2. The van der Waals surface area contributed by atoms with Crippen LogP contribution in [-0.2, 0) is 14.4 Å². The van der Waals surface area contributed by atoms with Crippen LogP contribution in [0.25, 0.3) is 0 Å². The molecular weight excluding hydrogens is 364 g/mol. The van der Waals surface area contributed by atoms with Gasteiger partial charge in [-0.15, -0.1) is 0 Å². The number of carbonyl (C=O) groups excluding carboxylic acids is 2. The lowest BCUT2D eigenvalue weighted by atomic mass is 9.95. The van der Waals surface area contributed by atoms with Crippen molar-refractivity contribution in [3.05, 3.63) is 0 Å². The molecule has 0 saturated carbocycles. The summed E-state index contributed by atoms with van der Waals surface area (Å²) < 4.78 is 0. The number of aliphatic imine (C=N–C) groups is 1. The second-order valence-electron chi connectivity index (χ2n) is 7.13. The van der Waals surface area contributed by atoms with E-state index < -0.39 is 35.9 Å². The van der Waals surface area contributed by atoms with Gasteiger partial charge in [0.25, 0.3) is 0 Å². The van der Waals surface area contributed by atoms with E-state index in [9.17, 15) is 19.5 Å². The Hall–Kier alpha value is -2.36. The van der Waals surface area contributed by atoms with Crippen LogP contribution in [0.4, 0.5) is 0 Å². The van der Waals surface area contributed by atoms with E-state index in [1.54, 1.807) is 0 Å². The Bertz CT molecular complexity index is 550. The molecule has 10 nitrogen and oxygen atoms in total. The summed E-state index contributed by atoms with van der Waals surface area (Å²) in [6.45, 7) is 7.75. The van der Waals surface area contributed by atoms with E-state index in [-0.39, 0.29) is 30.8 Å². The first-order chi connectivity index (χ1) is 13.0. The summed E-state index contributed by atoms with van der Waals surface area (Å²) in [4.78, 5) is 40.4. The van der Waals surface area contributed by atoms with Gasteiger partial charge in [-0.1, -0.05) is 40.5 Å². The third-order valence-electron chi connectivity index (χ3n) is 4.91. The Kier molecular flexibility index (Phi) is 11.8. The Morgan fingerprint density at radius 1 is 1.00 bits per heavy atom. The van der Waals surface area contributed by atoms with Crippen LogP contribution in [0.1, 0.15) is 53.4 Å². The van der Waals surface area contributed by atoms with Crippen molar-refractivity contribution in [1.29, 1.82) is 0 Å². The normalized spacial score (nSPS) is 16.2. The number of guanidine groups is 1. The van der Waals surface area contributed by atoms with Gasteiger partial charge in [-0.3, -0.25) is 14.6 Å². The number of rotatable bonds is 13. The van der Waals surface area contributed by atoms with Crippen LogP contribution < -0.4 is 27.8 Å². The summed E-state index contributed by atoms with van der Waals surface area (Å²) in [6, 6.07) is -2.71. The molecule has 10 heteroatoms. The van der Waals surface area contributed by atoms with Crippen molar-refractivity contribution in [3.63, 3.8) is 0 Å². The molecule has 5 unspecified atom stereocenters. The molecule has 0 radical (unpaired) electrons. The molecular formula is C18H36N6O4. The van der Waals surface area contributed by atoms with Crippen LogP contribution in [-0.4, -0.2) is 53.5 Å². The second-order valence-corrected chi connectivity index (χ2v) is 7.13. The fourth-order valence-electron chi connectivity index (χ4n) is 2.49. The zero-order valence-corrected chi connectivity index (χ0v) is 17.3. The average Bonchev–Trinajstić information content (AvgIpc) is 2.65. The standard InChI is InChI=1S/C18H36N6O4/c1-5-10(3)13(19)15(25)24-14(11(4)6-2)16(26)23-12(17(27)28)8-7-9-22-18(20)21/h10-14H,5-9,19H2,1-4H3,(H,23,26)(H,24,25)(H,27,28)(H4,20,21,22). The molecule has 0 saturated heterocycles. The smallest absolute Gasteiger partial charge is 0.326 e. The number of carboxylic acids is 1. The summed E-state index contributed by atoms with van der Waals surface area (Å²) in [7, 11) is 0. The lowest BCUT2D eigenvalue weighted by Gasteiger charge is -2.27. The minimum absolute atomic E-state index is 0.0389.